The van der Waals surface area contributed by atoms with Gasteiger partial charge in [0.2, 0.25) is 0 Å². The van der Waals surface area contributed by atoms with Crippen LogP contribution in [0.15, 0.2) is 60.7 Å². The number of hydrogen-bond donors (Lipinski definition) is 0. The molecule has 2 aromatic carbocycles. The lowest BCUT2D eigenvalue weighted by Gasteiger charge is -2.27. The molecule has 6 heteroatoms. The van der Waals surface area contributed by atoms with E-state index in [0.29, 0.717) is 21.9 Å². The standard InChI is InChI=1S/C22H21ClN2O3/c1-15-8-9-16(2)25(15)24(22(27)19-6-4-5-7-20(19)23)14-21(26)17-10-12-18(28-3)13-11-17/h4-13H,14H2,1-3H3. The van der Waals surface area contributed by atoms with Gasteiger partial charge in [0.15, 0.2) is 5.78 Å². The van der Waals surface area contributed by atoms with Gasteiger partial charge in [-0.05, 0) is 62.4 Å². The van der Waals surface area contributed by atoms with Gasteiger partial charge in [-0.15, -0.1) is 0 Å². The summed E-state index contributed by atoms with van der Waals surface area (Å²) in [5, 5.41) is 1.77. The molecule has 0 saturated heterocycles. The van der Waals surface area contributed by atoms with E-state index in [9.17, 15) is 9.59 Å². The number of ketones is 1. The van der Waals surface area contributed by atoms with Crippen LogP contribution in [-0.4, -0.2) is 30.0 Å². The largest absolute Gasteiger partial charge is 0.497 e. The second-order valence-electron chi connectivity index (χ2n) is 6.42. The van der Waals surface area contributed by atoms with Crippen molar-refractivity contribution in [3.8, 4) is 5.75 Å². The fraction of sp³-hybridized carbons (Fsp3) is 0.182. The van der Waals surface area contributed by atoms with Crippen molar-refractivity contribution in [2.45, 2.75) is 13.8 Å². The number of halogens is 1. The number of Topliss-reactive ketones (excluding diaryl/α,β-unsaturated/α-hetero) is 1. The average Bonchev–Trinajstić information content (AvgIpc) is 3.04. The number of nitrogens with zero attached hydrogens (tertiary/aromatic N) is 2. The lowest BCUT2D eigenvalue weighted by molar-refractivity contribution is 0.0908. The normalized spacial score (nSPS) is 10.6. The van der Waals surface area contributed by atoms with Gasteiger partial charge >= 0.3 is 0 Å². The number of hydrogen-bond acceptors (Lipinski definition) is 3. The molecule has 144 valence electrons. The molecule has 1 aromatic heterocycles. The molecule has 0 N–H and O–H groups in total. The topological polar surface area (TPSA) is 51.5 Å². The first kappa shape index (κ1) is 19.7. The van der Waals surface area contributed by atoms with Crippen molar-refractivity contribution in [2.24, 2.45) is 0 Å². The molecule has 0 unspecified atom stereocenters. The zero-order chi connectivity index (χ0) is 20.3. The summed E-state index contributed by atoms with van der Waals surface area (Å²) in [5.41, 5.74) is 2.54. The van der Waals surface area contributed by atoms with Crippen LogP contribution in [0.3, 0.4) is 0 Å². The predicted molar refractivity (Wildman–Crippen MR) is 110 cm³/mol. The highest BCUT2D eigenvalue weighted by Gasteiger charge is 2.25. The lowest BCUT2D eigenvalue weighted by Crippen LogP contribution is -2.45. The summed E-state index contributed by atoms with van der Waals surface area (Å²) in [6, 6.07) is 17.5. The molecule has 0 aliphatic carbocycles. The molecule has 0 fully saturated rings. The number of aryl methyl sites for hydroxylation is 2. The molecule has 0 aliphatic rings. The van der Waals surface area contributed by atoms with Gasteiger partial charge in [0, 0.05) is 17.0 Å². The zero-order valence-electron chi connectivity index (χ0n) is 16.0. The minimum absolute atomic E-state index is 0.118. The van der Waals surface area contributed by atoms with Crippen molar-refractivity contribution in [3.05, 3.63) is 88.2 Å². The van der Waals surface area contributed by atoms with Crippen LogP contribution < -0.4 is 9.75 Å². The Hall–Kier alpha value is -3.05. The fourth-order valence-electron chi connectivity index (χ4n) is 3.05. The Kier molecular flexibility index (Phi) is 5.85. The maximum atomic E-state index is 13.3. The average molecular weight is 397 g/mol. The van der Waals surface area contributed by atoms with E-state index in [1.807, 2.05) is 26.0 Å². The summed E-state index contributed by atoms with van der Waals surface area (Å²) in [5.74, 6) is 0.142. The second-order valence-corrected chi connectivity index (χ2v) is 6.83. The van der Waals surface area contributed by atoms with Crippen LogP contribution in [0.25, 0.3) is 0 Å². The Morgan fingerprint density at radius 1 is 0.964 bits per heavy atom. The second kappa shape index (κ2) is 8.31. The van der Waals surface area contributed by atoms with E-state index in [-0.39, 0.29) is 18.2 Å². The molecular weight excluding hydrogens is 376 g/mol. The molecule has 3 aromatic rings. The molecule has 3 rings (SSSR count). The van der Waals surface area contributed by atoms with E-state index >= 15 is 0 Å². The van der Waals surface area contributed by atoms with E-state index in [2.05, 4.69) is 0 Å². The van der Waals surface area contributed by atoms with Gasteiger partial charge in [-0.3, -0.25) is 14.3 Å². The highest BCUT2D eigenvalue weighted by Crippen LogP contribution is 2.19. The predicted octanol–water partition coefficient (Wildman–Crippen LogP) is 4.43. The first-order valence-corrected chi connectivity index (χ1v) is 9.19. The minimum Gasteiger partial charge on any atom is -0.497 e. The number of ether oxygens (including phenoxy) is 1. The number of benzene rings is 2. The fourth-order valence-corrected chi connectivity index (χ4v) is 3.27. The molecule has 0 saturated carbocycles. The number of methoxy groups -OCH3 is 1. The molecule has 1 amide bonds. The van der Waals surface area contributed by atoms with Crippen molar-refractivity contribution in [1.29, 1.82) is 0 Å². The number of rotatable bonds is 6. The summed E-state index contributed by atoms with van der Waals surface area (Å²) in [4.78, 5) is 26.2. The molecule has 0 bridgehead atoms. The van der Waals surface area contributed by atoms with E-state index in [1.165, 1.54) is 5.01 Å². The third-order valence-electron chi connectivity index (χ3n) is 4.52. The van der Waals surface area contributed by atoms with Crippen LogP contribution in [-0.2, 0) is 0 Å². The maximum absolute atomic E-state index is 13.3. The SMILES string of the molecule is COc1ccc(C(=O)CN(C(=O)c2ccccc2Cl)n2c(C)ccc2C)cc1. The quantitative estimate of drug-likeness (QED) is 0.579. The van der Waals surface area contributed by atoms with Crippen molar-refractivity contribution in [3.63, 3.8) is 0 Å². The highest BCUT2D eigenvalue weighted by atomic mass is 35.5. The molecule has 1 heterocycles. The van der Waals surface area contributed by atoms with Crippen molar-refractivity contribution in [2.75, 3.05) is 18.7 Å². The number of carbonyl (C=O) groups is 2. The molecular formula is C22H21ClN2O3. The van der Waals surface area contributed by atoms with Crippen LogP contribution in [0.5, 0.6) is 5.75 Å². The Bertz CT molecular complexity index is 989. The zero-order valence-corrected chi connectivity index (χ0v) is 16.7. The third kappa shape index (κ3) is 3.94. The Morgan fingerprint density at radius 3 is 2.14 bits per heavy atom. The van der Waals surface area contributed by atoms with Gasteiger partial charge in [0.1, 0.15) is 12.3 Å². The van der Waals surface area contributed by atoms with Crippen molar-refractivity contribution < 1.29 is 14.3 Å². The number of aromatic nitrogens is 1. The highest BCUT2D eigenvalue weighted by molar-refractivity contribution is 6.34. The molecule has 0 aliphatic heterocycles. The summed E-state index contributed by atoms with van der Waals surface area (Å²) in [7, 11) is 1.57. The molecule has 5 nitrogen and oxygen atoms in total. The Balaban J connectivity index is 1.98. The summed E-state index contributed by atoms with van der Waals surface area (Å²) < 4.78 is 6.88. The van der Waals surface area contributed by atoms with Gasteiger partial charge in [0.05, 0.1) is 17.7 Å². The van der Waals surface area contributed by atoms with Crippen molar-refractivity contribution >= 4 is 23.3 Å². The van der Waals surface area contributed by atoms with Crippen LogP contribution in [0, 0.1) is 13.8 Å². The lowest BCUT2D eigenvalue weighted by atomic mass is 10.1. The van der Waals surface area contributed by atoms with Gasteiger partial charge in [-0.2, -0.15) is 0 Å². The summed E-state index contributed by atoms with van der Waals surface area (Å²) in [6.45, 7) is 3.65. The smallest absolute Gasteiger partial charge is 0.274 e. The molecule has 28 heavy (non-hydrogen) atoms. The first-order chi connectivity index (χ1) is 13.4. The first-order valence-electron chi connectivity index (χ1n) is 8.81. The van der Waals surface area contributed by atoms with Gasteiger partial charge in [-0.25, -0.2) is 5.01 Å². The van der Waals surface area contributed by atoms with Gasteiger partial charge in [0.25, 0.3) is 5.91 Å². The van der Waals surface area contributed by atoms with E-state index < -0.39 is 0 Å². The van der Waals surface area contributed by atoms with Crippen LogP contribution in [0.2, 0.25) is 5.02 Å². The van der Waals surface area contributed by atoms with E-state index in [0.717, 1.165) is 11.4 Å². The minimum atomic E-state index is -0.338. The maximum Gasteiger partial charge on any atom is 0.274 e. The summed E-state index contributed by atoms with van der Waals surface area (Å²) >= 11 is 6.24. The molecule has 0 spiro atoms. The molecule has 0 radical (unpaired) electrons. The van der Waals surface area contributed by atoms with E-state index in [1.54, 1.807) is 60.3 Å². The van der Waals surface area contributed by atoms with Gasteiger partial charge < -0.3 is 4.74 Å². The molecule has 0 atom stereocenters. The van der Waals surface area contributed by atoms with Crippen LogP contribution in [0.1, 0.15) is 32.1 Å². The Morgan fingerprint density at radius 2 is 1.57 bits per heavy atom. The Labute approximate surface area is 169 Å². The van der Waals surface area contributed by atoms with Gasteiger partial charge in [-0.1, -0.05) is 23.7 Å². The van der Waals surface area contributed by atoms with Crippen LogP contribution in [0.4, 0.5) is 0 Å². The van der Waals surface area contributed by atoms with Crippen molar-refractivity contribution in [1.82, 2.24) is 4.68 Å². The monoisotopic (exact) mass is 396 g/mol. The number of amides is 1. The van der Waals surface area contributed by atoms with E-state index in [4.69, 9.17) is 16.3 Å². The number of carbonyl (C=O) groups excluding carboxylic acids is 2. The third-order valence-corrected chi connectivity index (χ3v) is 4.85. The summed E-state index contributed by atoms with van der Waals surface area (Å²) in [6.07, 6.45) is 0. The van der Waals surface area contributed by atoms with Crippen LogP contribution >= 0.6 is 11.6 Å².